The molecule has 12 heteroatoms. The number of hydrogen-bond donors (Lipinski definition) is 2. The molecule has 0 aliphatic heterocycles. The van der Waals surface area contributed by atoms with Crippen LogP contribution < -0.4 is 14.8 Å². The summed E-state index contributed by atoms with van der Waals surface area (Å²) in [6.07, 6.45) is 1.12. The fourth-order valence-corrected chi connectivity index (χ4v) is 5.49. The molecule has 2 fully saturated rings. The summed E-state index contributed by atoms with van der Waals surface area (Å²) in [4.78, 5) is 47.1. The normalized spacial score (nSPS) is 24.6. The highest BCUT2D eigenvalue weighted by molar-refractivity contribution is 5.94. The SMILES string of the molecule is C=CC1CC1(NC(=O)C1CC(Oc2nc(-c3cc(F)cc(F)c3)nc3cc(OC)ccc23)CC1C(=O)O)C(=O)OCC. The molecule has 0 radical (unpaired) electrons. The van der Waals surface area contributed by atoms with Gasteiger partial charge in [-0.1, -0.05) is 6.08 Å². The number of benzene rings is 2. The Labute approximate surface area is 239 Å². The Morgan fingerprint density at radius 1 is 1.12 bits per heavy atom. The number of methoxy groups -OCH3 is 1. The van der Waals surface area contributed by atoms with Crippen LogP contribution in [0, 0.1) is 29.4 Å². The number of aliphatic carboxylic acids is 1. The number of nitrogens with one attached hydrogen (secondary N) is 1. The molecule has 2 aliphatic carbocycles. The first-order valence-corrected chi connectivity index (χ1v) is 13.4. The van der Waals surface area contributed by atoms with E-state index in [2.05, 4.69) is 21.9 Å². The summed E-state index contributed by atoms with van der Waals surface area (Å²) < 4.78 is 44.6. The number of ether oxygens (including phenoxy) is 3. The molecule has 5 rings (SSSR count). The van der Waals surface area contributed by atoms with Crippen molar-refractivity contribution in [2.24, 2.45) is 17.8 Å². The summed E-state index contributed by atoms with van der Waals surface area (Å²) in [6.45, 7) is 5.49. The largest absolute Gasteiger partial charge is 0.497 e. The lowest BCUT2D eigenvalue weighted by atomic mass is 9.94. The van der Waals surface area contributed by atoms with Crippen LogP contribution in [0.25, 0.3) is 22.3 Å². The third-order valence-corrected chi connectivity index (χ3v) is 7.73. The van der Waals surface area contributed by atoms with Crippen LogP contribution >= 0.6 is 0 Å². The van der Waals surface area contributed by atoms with Crippen LogP contribution in [0.4, 0.5) is 8.78 Å². The third kappa shape index (κ3) is 5.48. The van der Waals surface area contributed by atoms with Gasteiger partial charge in [-0.15, -0.1) is 6.58 Å². The first-order chi connectivity index (χ1) is 20.1. The highest BCUT2D eigenvalue weighted by Gasteiger charge is 2.62. The van der Waals surface area contributed by atoms with Gasteiger partial charge in [0.05, 0.1) is 36.5 Å². The minimum absolute atomic E-state index is 0.0176. The van der Waals surface area contributed by atoms with Gasteiger partial charge in [0, 0.05) is 23.6 Å². The molecular formula is C30H29F2N3O7. The van der Waals surface area contributed by atoms with Gasteiger partial charge >= 0.3 is 11.9 Å². The fourth-order valence-electron chi connectivity index (χ4n) is 5.49. The number of fused-ring (bicyclic) bond motifs is 1. The summed E-state index contributed by atoms with van der Waals surface area (Å²) in [5.74, 6) is -5.93. The molecule has 0 bridgehead atoms. The minimum Gasteiger partial charge on any atom is -0.497 e. The predicted octanol–water partition coefficient (Wildman–Crippen LogP) is 4.07. The summed E-state index contributed by atoms with van der Waals surface area (Å²) in [6, 6.07) is 7.81. The zero-order valence-corrected chi connectivity index (χ0v) is 22.9. The molecule has 2 aromatic carbocycles. The van der Waals surface area contributed by atoms with E-state index in [0.717, 1.165) is 18.2 Å². The Balaban J connectivity index is 1.44. The average molecular weight is 582 g/mol. The minimum atomic E-state index is -1.27. The second-order valence-corrected chi connectivity index (χ2v) is 10.4. The van der Waals surface area contributed by atoms with Crippen molar-refractivity contribution in [2.75, 3.05) is 13.7 Å². The summed E-state index contributed by atoms with van der Waals surface area (Å²) >= 11 is 0. The Morgan fingerprint density at radius 2 is 1.83 bits per heavy atom. The number of carbonyl (C=O) groups is 3. The van der Waals surface area contributed by atoms with E-state index in [1.807, 2.05) is 0 Å². The number of carboxylic acid groups (broad SMARTS) is 1. The summed E-state index contributed by atoms with van der Waals surface area (Å²) in [5.41, 5.74) is -0.838. The van der Waals surface area contributed by atoms with Crippen molar-refractivity contribution in [3.8, 4) is 23.0 Å². The van der Waals surface area contributed by atoms with Gasteiger partial charge in [0.2, 0.25) is 11.8 Å². The van der Waals surface area contributed by atoms with Crippen molar-refractivity contribution in [1.82, 2.24) is 15.3 Å². The van der Waals surface area contributed by atoms with Gasteiger partial charge in [0.1, 0.15) is 29.0 Å². The smallest absolute Gasteiger partial charge is 0.332 e. The highest BCUT2D eigenvalue weighted by atomic mass is 19.1. The second kappa shape index (κ2) is 11.3. The molecule has 3 aromatic rings. The van der Waals surface area contributed by atoms with Gasteiger partial charge in [-0.25, -0.2) is 18.6 Å². The van der Waals surface area contributed by atoms with Crippen molar-refractivity contribution >= 4 is 28.7 Å². The summed E-state index contributed by atoms with van der Waals surface area (Å²) in [7, 11) is 1.48. The van der Waals surface area contributed by atoms with E-state index in [4.69, 9.17) is 14.2 Å². The number of hydrogen-bond acceptors (Lipinski definition) is 8. The first kappa shape index (κ1) is 28.9. The van der Waals surface area contributed by atoms with Gasteiger partial charge in [0.25, 0.3) is 0 Å². The van der Waals surface area contributed by atoms with Gasteiger partial charge < -0.3 is 24.6 Å². The third-order valence-electron chi connectivity index (χ3n) is 7.73. The molecule has 5 unspecified atom stereocenters. The van der Waals surface area contributed by atoms with E-state index in [-0.39, 0.29) is 42.6 Å². The van der Waals surface area contributed by atoms with E-state index in [1.165, 1.54) is 7.11 Å². The highest BCUT2D eigenvalue weighted by Crippen LogP contribution is 2.46. The molecule has 1 aromatic heterocycles. The van der Waals surface area contributed by atoms with Gasteiger partial charge in [-0.05, 0) is 50.5 Å². The van der Waals surface area contributed by atoms with Crippen molar-refractivity contribution in [3.05, 3.63) is 60.7 Å². The molecule has 10 nitrogen and oxygen atoms in total. The molecule has 220 valence electrons. The Kier molecular flexibility index (Phi) is 7.81. The Hall–Kier alpha value is -4.61. The number of nitrogens with zero attached hydrogens (tertiary/aromatic N) is 2. The number of amides is 1. The standard InChI is InChI=1S/C30H29F2N3O7/c1-4-16-14-30(16,29(39)41-5-2)35-26(36)22-11-20(12-23(22)28(37)38)42-27-21-7-6-19(40-3)13-24(21)33-25(34-27)15-8-17(31)10-18(32)9-15/h4,6-10,13,16,20,22-23H,1,5,11-12,14H2,2-3H3,(H,35,36)(H,37,38). The van der Waals surface area contributed by atoms with E-state index >= 15 is 0 Å². The zero-order valence-electron chi connectivity index (χ0n) is 22.9. The number of esters is 1. The summed E-state index contributed by atoms with van der Waals surface area (Å²) in [5, 5.41) is 13.1. The zero-order chi connectivity index (χ0) is 30.2. The van der Waals surface area contributed by atoms with Crippen molar-refractivity contribution in [2.45, 2.75) is 37.8 Å². The predicted molar refractivity (Wildman–Crippen MR) is 146 cm³/mol. The van der Waals surface area contributed by atoms with Crippen molar-refractivity contribution in [3.63, 3.8) is 0 Å². The van der Waals surface area contributed by atoms with Crippen LogP contribution in [-0.2, 0) is 19.1 Å². The van der Waals surface area contributed by atoms with Crippen molar-refractivity contribution in [1.29, 1.82) is 0 Å². The number of carbonyl (C=O) groups excluding carboxylic acids is 2. The molecule has 2 N–H and O–H groups in total. The quantitative estimate of drug-likeness (QED) is 0.268. The van der Waals surface area contributed by atoms with Crippen LogP contribution in [0.1, 0.15) is 26.2 Å². The van der Waals surface area contributed by atoms with E-state index in [0.29, 0.717) is 23.1 Å². The molecule has 0 spiro atoms. The maximum Gasteiger partial charge on any atom is 0.332 e. The molecule has 2 saturated carbocycles. The molecule has 1 heterocycles. The topological polar surface area (TPSA) is 137 Å². The monoisotopic (exact) mass is 581 g/mol. The number of aromatic nitrogens is 2. The van der Waals surface area contributed by atoms with Crippen molar-refractivity contribution < 1.29 is 42.5 Å². The molecule has 42 heavy (non-hydrogen) atoms. The van der Waals surface area contributed by atoms with E-state index in [9.17, 15) is 28.3 Å². The molecule has 5 atom stereocenters. The Bertz CT molecular complexity index is 1560. The fraction of sp³-hybridized carbons (Fsp3) is 0.367. The van der Waals surface area contributed by atoms with Crippen LogP contribution in [0.3, 0.4) is 0 Å². The average Bonchev–Trinajstić information content (AvgIpc) is 3.50. The number of carboxylic acids is 1. The van der Waals surface area contributed by atoms with Gasteiger partial charge in [-0.2, -0.15) is 4.98 Å². The van der Waals surface area contributed by atoms with E-state index < -0.39 is 53.0 Å². The lowest BCUT2D eigenvalue weighted by Gasteiger charge is -2.21. The van der Waals surface area contributed by atoms with Crippen LogP contribution in [-0.4, -0.2) is 58.3 Å². The van der Waals surface area contributed by atoms with Gasteiger partial charge in [0.15, 0.2) is 5.82 Å². The molecule has 0 saturated heterocycles. The van der Waals surface area contributed by atoms with Crippen LogP contribution in [0.5, 0.6) is 11.6 Å². The van der Waals surface area contributed by atoms with Gasteiger partial charge in [-0.3, -0.25) is 9.59 Å². The number of rotatable bonds is 10. The maximum atomic E-state index is 14.0. The second-order valence-electron chi connectivity index (χ2n) is 10.4. The van der Waals surface area contributed by atoms with Crippen LogP contribution in [0.15, 0.2) is 49.1 Å². The lowest BCUT2D eigenvalue weighted by Crippen LogP contribution is -2.49. The molecular weight excluding hydrogens is 552 g/mol. The molecule has 1 amide bonds. The maximum absolute atomic E-state index is 14.0. The first-order valence-electron chi connectivity index (χ1n) is 13.4. The Morgan fingerprint density at radius 3 is 2.45 bits per heavy atom. The number of halogens is 2. The van der Waals surface area contributed by atoms with E-state index in [1.54, 1.807) is 31.2 Å². The van der Waals surface area contributed by atoms with Crippen LogP contribution in [0.2, 0.25) is 0 Å². The lowest BCUT2D eigenvalue weighted by molar-refractivity contribution is -0.150. The molecule has 2 aliphatic rings.